The summed E-state index contributed by atoms with van der Waals surface area (Å²) in [6.45, 7) is 1.78. The monoisotopic (exact) mass is 388 g/mol. The number of aromatic nitrogens is 1. The third kappa shape index (κ3) is 5.18. The van der Waals surface area contributed by atoms with Gasteiger partial charge in [0, 0.05) is 18.7 Å². The van der Waals surface area contributed by atoms with Crippen molar-refractivity contribution in [1.82, 2.24) is 9.88 Å². The summed E-state index contributed by atoms with van der Waals surface area (Å²) in [6.07, 6.45) is -4.98. The van der Waals surface area contributed by atoms with E-state index in [4.69, 9.17) is 4.74 Å². The number of esters is 1. The van der Waals surface area contributed by atoms with Crippen LogP contribution in [-0.4, -0.2) is 46.0 Å². The maximum atomic E-state index is 12.7. The summed E-state index contributed by atoms with van der Waals surface area (Å²) in [6, 6.07) is 1.12. The van der Waals surface area contributed by atoms with E-state index in [2.05, 4.69) is 4.98 Å². The van der Waals surface area contributed by atoms with E-state index in [9.17, 15) is 32.7 Å². The lowest BCUT2D eigenvalue weighted by Gasteiger charge is -2.37. The highest BCUT2D eigenvalue weighted by Gasteiger charge is 2.37. The van der Waals surface area contributed by atoms with Gasteiger partial charge in [-0.2, -0.15) is 13.2 Å². The highest BCUT2D eigenvalue weighted by molar-refractivity contribution is 5.96. The first kappa shape index (κ1) is 20.7. The highest BCUT2D eigenvalue weighted by atomic mass is 19.4. The maximum absolute atomic E-state index is 12.7. The number of halogens is 3. The Balaban J connectivity index is 2.18. The molecule has 2 rings (SSSR count). The molecule has 0 spiro atoms. The van der Waals surface area contributed by atoms with Gasteiger partial charge in [0.05, 0.1) is 12.6 Å². The van der Waals surface area contributed by atoms with Crippen LogP contribution in [0.15, 0.2) is 18.3 Å². The predicted octanol–water partition coefficient (Wildman–Crippen LogP) is 3.05. The number of ether oxygens (including phenoxy) is 1. The zero-order chi connectivity index (χ0) is 20.2. The molecule has 0 aliphatic carbocycles. The summed E-state index contributed by atoms with van der Waals surface area (Å²) in [5.41, 5.74) is -0.821. The average molecular weight is 388 g/mol. The number of pyridine rings is 1. The molecule has 0 saturated carbocycles. The Morgan fingerprint density at radius 1 is 1.33 bits per heavy atom. The van der Waals surface area contributed by atoms with Gasteiger partial charge in [-0.15, -0.1) is 0 Å². The number of likely N-dealkylation sites (tertiary alicyclic amines) is 1. The van der Waals surface area contributed by atoms with Gasteiger partial charge >= 0.3 is 18.2 Å². The Kier molecular flexibility index (Phi) is 6.40. The summed E-state index contributed by atoms with van der Waals surface area (Å²) in [4.78, 5) is 39.7. The van der Waals surface area contributed by atoms with Crippen LogP contribution in [0.5, 0.6) is 0 Å². The molecule has 1 aromatic heterocycles. The predicted molar refractivity (Wildman–Crippen MR) is 85.7 cm³/mol. The van der Waals surface area contributed by atoms with Gasteiger partial charge in [-0.05, 0) is 31.4 Å². The molecule has 10 heteroatoms. The number of nitrogens with zero attached hydrogens (tertiary/aromatic N) is 2. The number of rotatable bonds is 5. The lowest BCUT2D eigenvalue weighted by Crippen LogP contribution is -2.42. The molecule has 1 aromatic rings. The van der Waals surface area contributed by atoms with Gasteiger partial charge in [0.25, 0.3) is 0 Å². The quantitative estimate of drug-likeness (QED) is 0.615. The first-order valence-corrected chi connectivity index (χ1v) is 8.34. The minimum absolute atomic E-state index is 0.0280. The molecule has 2 heterocycles. The van der Waals surface area contributed by atoms with E-state index in [1.807, 2.05) is 0 Å². The SMILES string of the molecule is CCOC(=O)CC(=O)C1CCN(C(=O)O)C(c2ccc(C(F)(F)F)nc2)C1. The van der Waals surface area contributed by atoms with E-state index in [0.29, 0.717) is 0 Å². The van der Waals surface area contributed by atoms with Crippen molar-refractivity contribution in [2.75, 3.05) is 13.2 Å². The molecular weight excluding hydrogens is 369 g/mol. The maximum Gasteiger partial charge on any atom is 0.433 e. The number of Topliss-reactive ketones (excluding diaryl/α,β-unsaturated/α-hetero) is 1. The molecule has 0 bridgehead atoms. The second-order valence-corrected chi connectivity index (χ2v) is 6.14. The van der Waals surface area contributed by atoms with Crippen LogP contribution >= 0.6 is 0 Å². The molecule has 1 fully saturated rings. The molecule has 0 radical (unpaired) electrons. The number of carbonyl (C=O) groups excluding carboxylic acids is 2. The molecule has 7 nitrogen and oxygen atoms in total. The molecule has 2 unspecified atom stereocenters. The van der Waals surface area contributed by atoms with Crippen LogP contribution in [0, 0.1) is 5.92 Å². The van der Waals surface area contributed by atoms with Crippen molar-refractivity contribution in [3.05, 3.63) is 29.6 Å². The van der Waals surface area contributed by atoms with Crippen molar-refractivity contribution in [3.63, 3.8) is 0 Å². The number of piperidine rings is 1. The van der Waals surface area contributed by atoms with Crippen LogP contribution in [0.2, 0.25) is 0 Å². The Morgan fingerprint density at radius 3 is 2.56 bits per heavy atom. The van der Waals surface area contributed by atoms with Crippen molar-refractivity contribution in [1.29, 1.82) is 0 Å². The van der Waals surface area contributed by atoms with Crippen molar-refractivity contribution in [2.45, 2.75) is 38.4 Å². The lowest BCUT2D eigenvalue weighted by atomic mass is 9.84. The van der Waals surface area contributed by atoms with Crippen LogP contribution in [-0.2, 0) is 20.5 Å². The van der Waals surface area contributed by atoms with Crippen LogP contribution in [0.4, 0.5) is 18.0 Å². The molecule has 148 valence electrons. The number of alkyl halides is 3. The summed E-state index contributed by atoms with van der Waals surface area (Å²) >= 11 is 0. The normalized spacial score (nSPS) is 20.2. The van der Waals surface area contributed by atoms with Gasteiger partial charge < -0.3 is 14.7 Å². The third-order valence-electron chi connectivity index (χ3n) is 4.39. The van der Waals surface area contributed by atoms with E-state index in [0.717, 1.165) is 23.2 Å². The largest absolute Gasteiger partial charge is 0.466 e. The molecule has 1 saturated heterocycles. The molecule has 1 aliphatic rings. The molecule has 1 aliphatic heterocycles. The first-order valence-electron chi connectivity index (χ1n) is 8.34. The minimum Gasteiger partial charge on any atom is -0.466 e. The van der Waals surface area contributed by atoms with E-state index in [-0.39, 0.29) is 37.3 Å². The van der Waals surface area contributed by atoms with Crippen molar-refractivity contribution in [3.8, 4) is 0 Å². The second-order valence-electron chi connectivity index (χ2n) is 6.14. The summed E-state index contributed by atoms with van der Waals surface area (Å²) in [5.74, 6) is -1.61. The van der Waals surface area contributed by atoms with E-state index < -0.39 is 42.3 Å². The van der Waals surface area contributed by atoms with Gasteiger partial charge in [0.1, 0.15) is 17.9 Å². The first-order chi connectivity index (χ1) is 12.6. The van der Waals surface area contributed by atoms with Gasteiger partial charge in [0.15, 0.2) is 0 Å². The molecular formula is C17H19F3N2O5. The summed E-state index contributed by atoms with van der Waals surface area (Å²) in [5, 5.41) is 9.36. The Hall–Kier alpha value is -2.65. The van der Waals surface area contributed by atoms with Gasteiger partial charge in [-0.25, -0.2) is 4.79 Å². The van der Waals surface area contributed by atoms with Crippen molar-refractivity contribution < 1.29 is 37.4 Å². The van der Waals surface area contributed by atoms with E-state index in [1.54, 1.807) is 6.92 Å². The fourth-order valence-corrected chi connectivity index (χ4v) is 3.07. The van der Waals surface area contributed by atoms with Crippen LogP contribution < -0.4 is 0 Å². The zero-order valence-electron chi connectivity index (χ0n) is 14.5. The average Bonchev–Trinajstić information content (AvgIpc) is 2.60. The van der Waals surface area contributed by atoms with Crippen LogP contribution in [0.25, 0.3) is 0 Å². The molecule has 27 heavy (non-hydrogen) atoms. The van der Waals surface area contributed by atoms with Gasteiger partial charge in [0.2, 0.25) is 0 Å². The number of ketones is 1. The molecule has 1 N–H and O–H groups in total. The lowest BCUT2D eigenvalue weighted by molar-refractivity contribution is -0.147. The second kappa shape index (κ2) is 8.36. The zero-order valence-corrected chi connectivity index (χ0v) is 14.5. The minimum atomic E-state index is -4.60. The Morgan fingerprint density at radius 2 is 2.04 bits per heavy atom. The topological polar surface area (TPSA) is 96.8 Å². The molecule has 2 atom stereocenters. The Bertz CT molecular complexity index is 706. The summed E-state index contributed by atoms with van der Waals surface area (Å²) < 4.78 is 42.7. The standard InChI is InChI=1S/C17H19F3N2O5/c1-2-27-15(24)8-13(23)10-5-6-22(16(25)26)12(7-10)11-3-4-14(21-9-11)17(18,19)20/h3-4,9-10,12H,2,5-8H2,1H3,(H,25,26). The van der Waals surface area contributed by atoms with Gasteiger partial charge in [-0.3, -0.25) is 14.6 Å². The van der Waals surface area contributed by atoms with Crippen molar-refractivity contribution in [2.24, 2.45) is 5.92 Å². The van der Waals surface area contributed by atoms with Crippen LogP contribution in [0.1, 0.15) is 43.5 Å². The number of carbonyl (C=O) groups is 3. The number of carboxylic acid groups (broad SMARTS) is 1. The number of hydrogen-bond donors (Lipinski definition) is 1. The molecule has 1 amide bonds. The smallest absolute Gasteiger partial charge is 0.433 e. The summed E-state index contributed by atoms with van der Waals surface area (Å²) in [7, 11) is 0. The number of hydrogen-bond acceptors (Lipinski definition) is 5. The molecule has 0 aromatic carbocycles. The third-order valence-corrected chi connectivity index (χ3v) is 4.39. The highest BCUT2D eigenvalue weighted by Crippen LogP contribution is 2.36. The van der Waals surface area contributed by atoms with E-state index in [1.165, 1.54) is 0 Å². The fourth-order valence-electron chi connectivity index (χ4n) is 3.07. The Labute approximate surface area is 153 Å². The number of amides is 1. The van der Waals surface area contributed by atoms with E-state index >= 15 is 0 Å². The fraction of sp³-hybridized carbons (Fsp3) is 0.529. The van der Waals surface area contributed by atoms with Crippen molar-refractivity contribution >= 4 is 17.8 Å². The van der Waals surface area contributed by atoms with Crippen LogP contribution in [0.3, 0.4) is 0 Å². The van der Waals surface area contributed by atoms with Gasteiger partial charge in [-0.1, -0.05) is 6.07 Å².